The summed E-state index contributed by atoms with van der Waals surface area (Å²) in [5, 5.41) is 4.32. The number of nitrogens with one attached hydrogen (secondary N) is 1. The van der Waals surface area contributed by atoms with Gasteiger partial charge in [-0.25, -0.2) is 0 Å². The third-order valence-electron chi connectivity index (χ3n) is 3.90. The minimum atomic E-state index is -0.0626. The second kappa shape index (κ2) is 6.79. The SMILES string of the molecule is CCC1CN(C(=O)c2c(Cl)cccc2Cl)C(CC)CN1. The fourth-order valence-electron chi connectivity index (χ4n) is 2.60. The van der Waals surface area contributed by atoms with E-state index in [0.717, 1.165) is 19.4 Å². The molecule has 2 unspecified atom stereocenters. The molecule has 0 aliphatic carbocycles. The highest BCUT2D eigenvalue weighted by Crippen LogP contribution is 2.27. The molecule has 2 rings (SSSR count). The first-order valence-corrected chi connectivity index (χ1v) is 7.82. The summed E-state index contributed by atoms with van der Waals surface area (Å²) in [6.45, 7) is 5.74. The van der Waals surface area contributed by atoms with Crippen LogP contribution in [0.5, 0.6) is 0 Å². The van der Waals surface area contributed by atoms with Gasteiger partial charge >= 0.3 is 0 Å². The van der Waals surface area contributed by atoms with E-state index in [1.807, 2.05) is 4.90 Å². The molecule has 1 aliphatic rings. The lowest BCUT2D eigenvalue weighted by Gasteiger charge is -2.40. The molecule has 1 saturated heterocycles. The van der Waals surface area contributed by atoms with E-state index in [1.54, 1.807) is 18.2 Å². The van der Waals surface area contributed by atoms with Crippen molar-refractivity contribution in [2.24, 2.45) is 0 Å². The first kappa shape index (κ1) is 15.6. The van der Waals surface area contributed by atoms with Crippen LogP contribution in [0.2, 0.25) is 10.0 Å². The molecule has 1 N–H and O–H groups in total. The van der Waals surface area contributed by atoms with Gasteiger partial charge in [-0.3, -0.25) is 4.79 Å². The van der Waals surface area contributed by atoms with Crippen LogP contribution in [0.15, 0.2) is 18.2 Å². The van der Waals surface area contributed by atoms with Crippen LogP contribution in [-0.2, 0) is 0 Å². The van der Waals surface area contributed by atoms with Gasteiger partial charge in [0.15, 0.2) is 0 Å². The second-order valence-electron chi connectivity index (χ2n) is 5.13. The maximum absolute atomic E-state index is 12.8. The van der Waals surface area contributed by atoms with Crippen molar-refractivity contribution in [3.05, 3.63) is 33.8 Å². The first-order chi connectivity index (χ1) is 9.58. The van der Waals surface area contributed by atoms with Crippen LogP contribution < -0.4 is 5.32 Å². The summed E-state index contributed by atoms with van der Waals surface area (Å²) in [7, 11) is 0. The smallest absolute Gasteiger partial charge is 0.257 e. The molecule has 0 bridgehead atoms. The van der Waals surface area contributed by atoms with Gasteiger partial charge in [-0.15, -0.1) is 0 Å². The summed E-state index contributed by atoms with van der Waals surface area (Å²) in [5.41, 5.74) is 0.422. The maximum Gasteiger partial charge on any atom is 0.257 e. The highest BCUT2D eigenvalue weighted by molar-refractivity contribution is 6.39. The van der Waals surface area contributed by atoms with Gasteiger partial charge in [0.2, 0.25) is 0 Å². The molecule has 3 nitrogen and oxygen atoms in total. The average molecular weight is 315 g/mol. The largest absolute Gasteiger partial charge is 0.333 e. The summed E-state index contributed by atoms with van der Waals surface area (Å²) in [4.78, 5) is 14.7. The number of benzene rings is 1. The van der Waals surface area contributed by atoms with E-state index in [9.17, 15) is 4.79 Å². The number of carbonyl (C=O) groups is 1. The zero-order chi connectivity index (χ0) is 14.7. The number of nitrogens with zero attached hydrogens (tertiary/aromatic N) is 1. The number of hydrogen-bond donors (Lipinski definition) is 1. The third-order valence-corrected chi connectivity index (χ3v) is 4.53. The fourth-order valence-corrected chi connectivity index (χ4v) is 3.16. The Labute approximate surface area is 130 Å². The van der Waals surface area contributed by atoms with Crippen LogP contribution in [0.25, 0.3) is 0 Å². The lowest BCUT2D eigenvalue weighted by atomic mass is 10.0. The fraction of sp³-hybridized carbons (Fsp3) is 0.533. The third kappa shape index (κ3) is 3.11. The van der Waals surface area contributed by atoms with Gasteiger partial charge in [-0.2, -0.15) is 0 Å². The number of carbonyl (C=O) groups excluding carboxylic acids is 1. The van der Waals surface area contributed by atoms with E-state index in [2.05, 4.69) is 19.2 Å². The standard InChI is InChI=1S/C15H20Cl2N2O/c1-3-10-9-19(11(4-2)8-18-10)15(20)14-12(16)6-5-7-13(14)17/h5-7,10-11,18H,3-4,8-9H2,1-2H3. The minimum absolute atomic E-state index is 0.0626. The maximum atomic E-state index is 12.8. The molecule has 0 radical (unpaired) electrons. The van der Waals surface area contributed by atoms with Crippen molar-refractivity contribution >= 4 is 29.1 Å². The number of hydrogen-bond acceptors (Lipinski definition) is 2. The summed E-state index contributed by atoms with van der Waals surface area (Å²) >= 11 is 12.3. The monoisotopic (exact) mass is 314 g/mol. The Balaban J connectivity index is 2.29. The minimum Gasteiger partial charge on any atom is -0.333 e. The summed E-state index contributed by atoms with van der Waals surface area (Å²) < 4.78 is 0. The molecule has 1 aromatic rings. The quantitative estimate of drug-likeness (QED) is 0.924. The van der Waals surface area contributed by atoms with Gasteiger partial charge < -0.3 is 10.2 Å². The predicted molar refractivity (Wildman–Crippen MR) is 83.7 cm³/mol. The van der Waals surface area contributed by atoms with Crippen LogP contribution in [0.1, 0.15) is 37.0 Å². The highest BCUT2D eigenvalue weighted by atomic mass is 35.5. The summed E-state index contributed by atoms with van der Waals surface area (Å²) in [5.74, 6) is -0.0626. The van der Waals surface area contributed by atoms with Gasteiger partial charge in [0, 0.05) is 25.2 Å². The van der Waals surface area contributed by atoms with Crippen molar-refractivity contribution in [1.82, 2.24) is 10.2 Å². The number of rotatable bonds is 3. The second-order valence-corrected chi connectivity index (χ2v) is 5.94. The van der Waals surface area contributed by atoms with Gasteiger partial charge in [0.1, 0.15) is 0 Å². The molecule has 110 valence electrons. The molecule has 0 aromatic heterocycles. The topological polar surface area (TPSA) is 32.3 Å². The molecule has 1 fully saturated rings. The van der Waals surface area contributed by atoms with E-state index in [1.165, 1.54) is 0 Å². The molecule has 1 aliphatic heterocycles. The Bertz CT molecular complexity index is 473. The van der Waals surface area contributed by atoms with Crippen LogP contribution in [-0.4, -0.2) is 36.0 Å². The molecule has 5 heteroatoms. The van der Waals surface area contributed by atoms with Gasteiger partial charge in [-0.05, 0) is 25.0 Å². The average Bonchev–Trinajstić information content (AvgIpc) is 2.46. The Kier molecular flexibility index (Phi) is 5.30. The van der Waals surface area contributed by atoms with E-state index < -0.39 is 0 Å². The van der Waals surface area contributed by atoms with Crippen LogP contribution in [0, 0.1) is 0 Å². The normalized spacial score (nSPS) is 22.9. The Morgan fingerprint density at radius 2 is 1.95 bits per heavy atom. The lowest BCUT2D eigenvalue weighted by Crippen LogP contribution is -2.58. The van der Waals surface area contributed by atoms with Crippen molar-refractivity contribution in [2.75, 3.05) is 13.1 Å². The van der Waals surface area contributed by atoms with Gasteiger partial charge in [-0.1, -0.05) is 43.1 Å². The van der Waals surface area contributed by atoms with Crippen molar-refractivity contribution in [1.29, 1.82) is 0 Å². The molecule has 1 heterocycles. The highest BCUT2D eigenvalue weighted by Gasteiger charge is 2.31. The van der Waals surface area contributed by atoms with Gasteiger partial charge in [0.25, 0.3) is 5.91 Å². The van der Waals surface area contributed by atoms with E-state index >= 15 is 0 Å². The van der Waals surface area contributed by atoms with Gasteiger partial charge in [0.05, 0.1) is 15.6 Å². The number of piperazine rings is 1. The lowest BCUT2D eigenvalue weighted by molar-refractivity contribution is 0.0576. The number of amides is 1. The first-order valence-electron chi connectivity index (χ1n) is 7.06. The molecule has 20 heavy (non-hydrogen) atoms. The molecule has 1 amide bonds. The number of halogens is 2. The Morgan fingerprint density at radius 3 is 2.50 bits per heavy atom. The van der Waals surface area contributed by atoms with Crippen LogP contribution in [0.3, 0.4) is 0 Å². The van der Waals surface area contributed by atoms with E-state index in [0.29, 0.717) is 28.2 Å². The Morgan fingerprint density at radius 1 is 1.30 bits per heavy atom. The molecular weight excluding hydrogens is 295 g/mol. The summed E-state index contributed by atoms with van der Waals surface area (Å²) in [6.07, 6.45) is 1.91. The van der Waals surface area contributed by atoms with Crippen molar-refractivity contribution in [2.45, 2.75) is 38.8 Å². The van der Waals surface area contributed by atoms with Crippen molar-refractivity contribution in [3.8, 4) is 0 Å². The van der Waals surface area contributed by atoms with Crippen molar-refractivity contribution < 1.29 is 4.79 Å². The van der Waals surface area contributed by atoms with Crippen molar-refractivity contribution in [3.63, 3.8) is 0 Å². The molecule has 1 aromatic carbocycles. The zero-order valence-electron chi connectivity index (χ0n) is 11.8. The van der Waals surface area contributed by atoms with Crippen LogP contribution in [0.4, 0.5) is 0 Å². The molecule has 2 atom stereocenters. The predicted octanol–water partition coefficient (Wildman–Crippen LogP) is 3.60. The van der Waals surface area contributed by atoms with E-state index in [-0.39, 0.29) is 11.9 Å². The zero-order valence-corrected chi connectivity index (χ0v) is 13.3. The molecule has 0 saturated carbocycles. The van der Waals surface area contributed by atoms with E-state index in [4.69, 9.17) is 23.2 Å². The van der Waals surface area contributed by atoms with Crippen LogP contribution >= 0.6 is 23.2 Å². The summed E-state index contributed by atoms with van der Waals surface area (Å²) in [6, 6.07) is 5.70. The molecule has 0 spiro atoms. The molecular formula is C15H20Cl2N2O. The Hall–Kier alpha value is -0.770.